The molecule has 88 valence electrons. The molecular weight excluding hydrogens is 208 g/mol. The third kappa shape index (κ3) is 2.93. The molecule has 0 aliphatic carbocycles. The number of nitrogens with zero attached hydrogens (tertiary/aromatic N) is 1. The molecule has 0 spiro atoms. The number of hydrogen-bond acceptors (Lipinski definition) is 4. The van der Waals surface area contributed by atoms with Crippen LogP contribution in [0.4, 0.5) is 5.82 Å². The Morgan fingerprint density at radius 2 is 2.25 bits per heavy atom. The van der Waals surface area contributed by atoms with Crippen molar-refractivity contribution >= 4 is 11.8 Å². The van der Waals surface area contributed by atoms with Gasteiger partial charge in [0.15, 0.2) is 0 Å². The first-order valence-electron chi connectivity index (χ1n) is 5.16. The van der Waals surface area contributed by atoms with Gasteiger partial charge in [0.05, 0.1) is 12.6 Å². The Kier molecular flexibility index (Phi) is 4.25. The highest BCUT2D eigenvalue weighted by Crippen LogP contribution is 2.15. The minimum atomic E-state index is -1.03. The average Bonchev–Trinajstić information content (AvgIpc) is 2.25. The summed E-state index contributed by atoms with van der Waals surface area (Å²) in [6.45, 7) is 3.64. The van der Waals surface area contributed by atoms with E-state index in [0.29, 0.717) is 12.2 Å². The molecule has 0 amide bonds. The molecule has 0 bridgehead atoms. The van der Waals surface area contributed by atoms with Gasteiger partial charge in [-0.05, 0) is 25.5 Å². The lowest BCUT2D eigenvalue weighted by molar-refractivity contribution is 0.0697. The molecule has 5 heteroatoms. The second-order valence-electron chi connectivity index (χ2n) is 3.59. The number of anilines is 1. The van der Waals surface area contributed by atoms with Crippen LogP contribution >= 0.6 is 0 Å². The van der Waals surface area contributed by atoms with Crippen LogP contribution in [0.1, 0.15) is 29.4 Å². The molecule has 1 aromatic heterocycles. The summed E-state index contributed by atoms with van der Waals surface area (Å²) in [7, 11) is 0. The van der Waals surface area contributed by atoms with E-state index in [1.165, 1.54) is 6.07 Å². The van der Waals surface area contributed by atoms with Crippen molar-refractivity contribution < 1.29 is 15.0 Å². The van der Waals surface area contributed by atoms with Crippen molar-refractivity contribution in [1.82, 2.24) is 4.98 Å². The van der Waals surface area contributed by atoms with Gasteiger partial charge in [-0.2, -0.15) is 0 Å². The predicted molar refractivity (Wildman–Crippen MR) is 60.7 cm³/mol. The van der Waals surface area contributed by atoms with E-state index in [9.17, 15) is 4.79 Å². The zero-order valence-corrected chi connectivity index (χ0v) is 9.40. The molecule has 1 aromatic rings. The summed E-state index contributed by atoms with van der Waals surface area (Å²) in [6, 6.07) is 2.98. The van der Waals surface area contributed by atoms with Gasteiger partial charge in [-0.3, -0.25) is 0 Å². The molecule has 16 heavy (non-hydrogen) atoms. The van der Waals surface area contributed by atoms with Crippen molar-refractivity contribution in [3.8, 4) is 0 Å². The van der Waals surface area contributed by atoms with Gasteiger partial charge < -0.3 is 15.5 Å². The van der Waals surface area contributed by atoms with Crippen LogP contribution in [0.25, 0.3) is 0 Å². The maximum Gasteiger partial charge on any atom is 0.339 e. The second kappa shape index (κ2) is 5.46. The van der Waals surface area contributed by atoms with Crippen LogP contribution < -0.4 is 5.32 Å². The quantitative estimate of drug-likeness (QED) is 0.701. The van der Waals surface area contributed by atoms with Crippen LogP contribution in [0.15, 0.2) is 12.1 Å². The van der Waals surface area contributed by atoms with Crippen LogP contribution in [-0.4, -0.2) is 33.8 Å². The Morgan fingerprint density at radius 3 is 2.75 bits per heavy atom. The fourth-order valence-corrected chi connectivity index (χ4v) is 1.31. The highest BCUT2D eigenvalue weighted by atomic mass is 16.4. The lowest BCUT2D eigenvalue weighted by Crippen LogP contribution is -2.24. The first-order chi connectivity index (χ1) is 7.58. The van der Waals surface area contributed by atoms with Gasteiger partial charge in [0.25, 0.3) is 0 Å². The first-order valence-corrected chi connectivity index (χ1v) is 5.16. The van der Waals surface area contributed by atoms with Gasteiger partial charge in [0.2, 0.25) is 0 Å². The number of carboxylic acid groups (broad SMARTS) is 1. The number of pyridine rings is 1. The highest BCUT2D eigenvalue weighted by molar-refractivity contribution is 5.93. The number of carbonyl (C=O) groups is 1. The van der Waals surface area contributed by atoms with Crippen molar-refractivity contribution in [2.45, 2.75) is 26.3 Å². The van der Waals surface area contributed by atoms with Crippen LogP contribution in [0.2, 0.25) is 0 Å². The monoisotopic (exact) mass is 224 g/mol. The van der Waals surface area contributed by atoms with E-state index in [1.54, 1.807) is 13.0 Å². The number of hydrogen-bond donors (Lipinski definition) is 3. The Morgan fingerprint density at radius 1 is 1.56 bits per heavy atom. The summed E-state index contributed by atoms with van der Waals surface area (Å²) in [4.78, 5) is 15.1. The van der Waals surface area contributed by atoms with E-state index in [-0.39, 0.29) is 18.2 Å². The summed E-state index contributed by atoms with van der Waals surface area (Å²) in [5.41, 5.74) is 0.859. The number of aliphatic hydroxyl groups is 1. The highest BCUT2D eigenvalue weighted by Gasteiger charge is 2.14. The zero-order valence-electron chi connectivity index (χ0n) is 9.40. The minimum absolute atomic E-state index is 0.0504. The third-order valence-corrected chi connectivity index (χ3v) is 2.32. The average molecular weight is 224 g/mol. The van der Waals surface area contributed by atoms with Crippen LogP contribution in [0.3, 0.4) is 0 Å². The predicted octanol–water partition coefficient (Wildman–Crippen LogP) is 1.27. The Labute approximate surface area is 94.1 Å². The molecule has 0 aliphatic rings. The van der Waals surface area contributed by atoms with Crippen LogP contribution in [0.5, 0.6) is 0 Å². The molecule has 0 aromatic carbocycles. The second-order valence-corrected chi connectivity index (χ2v) is 3.59. The van der Waals surface area contributed by atoms with Gasteiger partial charge >= 0.3 is 5.97 Å². The maximum absolute atomic E-state index is 10.9. The van der Waals surface area contributed by atoms with E-state index < -0.39 is 5.97 Å². The fourth-order valence-electron chi connectivity index (χ4n) is 1.31. The molecule has 1 heterocycles. The lowest BCUT2D eigenvalue weighted by Gasteiger charge is -2.16. The van der Waals surface area contributed by atoms with Gasteiger partial charge in [-0.25, -0.2) is 9.78 Å². The molecule has 0 radical (unpaired) electrons. The molecule has 0 saturated heterocycles. The van der Waals surface area contributed by atoms with Crippen LogP contribution in [-0.2, 0) is 0 Å². The Balaban J connectivity index is 3.00. The maximum atomic E-state index is 10.9. The molecule has 0 unspecified atom stereocenters. The summed E-state index contributed by atoms with van der Waals surface area (Å²) in [5.74, 6) is -0.712. The first kappa shape index (κ1) is 12.4. The third-order valence-electron chi connectivity index (χ3n) is 2.32. The molecule has 0 aliphatic heterocycles. The van der Waals surface area contributed by atoms with Crippen LogP contribution in [0, 0.1) is 6.92 Å². The van der Waals surface area contributed by atoms with Gasteiger partial charge in [-0.15, -0.1) is 0 Å². The lowest BCUT2D eigenvalue weighted by atomic mass is 10.2. The number of aromatic carboxylic acids is 1. The van der Waals surface area contributed by atoms with Crippen molar-refractivity contribution in [3.05, 3.63) is 23.4 Å². The molecule has 0 saturated carbocycles. The molecule has 1 rings (SSSR count). The van der Waals surface area contributed by atoms with E-state index in [1.807, 2.05) is 6.92 Å². The van der Waals surface area contributed by atoms with E-state index >= 15 is 0 Å². The van der Waals surface area contributed by atoms with Crippen molar-refractivity contribution in [2.75, 3.05) is 11.9 Å². The standard InChI is InChI=1S/C11H16N2O3/c1-3-8(6-14)13-10-9(11(15)16)5-4-7(2)12-10/h4-5,8,14H,3,6H2,1-2H3,(H,12,13)(H,15,16)/t8-/m0/s1. The topological polar surface area (TPSA) is 82.5 Å². The molecule has 5 nitrogen and oxygen atoms in total. The minimum Gasteiger partial charge on any atom is -0.478 e. The van der Waals surface area contributed by atoms with Crippen molar-refractivity contribution in [2.24, 2.45) is 0 Å². The SMILES string of the molecule is CC[C@@H](CO)Nc1nc(C)ccc1C(=O)O. The number of aryl methyl sites for hydroxylation is 1. The fraction of sp³-hybridized carbons (Fsp3) is 0.455. The summed E-state index contributed by atoms with van der Waals surface area (Å²) < 4.78 is 0. The summed E-state index contributed by atoms with van der Waals surface area (Å²) >= 11 is 0. The number of nitrogens with one attached hydrogen (secondary N) is 1. The molecule has 1 atom stereocenters. The largest absolute Gasteiger partial charge is 0.478 e. The Hall–Kier alpha value is -1.62. The van der Waals surface area contributed by atoms with Gasteiger partial charge in [-0.1, -0.05) is 6.92 Å². The van der Waals surface area contributed by atoms with Crippen molar-refractivity contribution in [1.29, 1.82) is 0 Å². The number of rotatable bonds is 5. The summed E-state index contributed by atoms with van der Waals surface area (Å²) in [6.07, 6.45) is 0.700. The number of carboxylic acids is 1. The number of aliphatic hydroxyl groups excluding tert-OH is 1. The van der Waals surface area contributed by atoms with E-state index in [0.717, 1.165) is 5.69 Å². The van der Waals surface area contributed by atoms with Crippen molar-refractivity contribution in [3.63, 3.8) is 0 Å². The normalized spacial score (nSPS) is 12.2. The Bertz CT molecular complexity index is 375. The molecular formula is C11H16N2O3. The molecule has 3 N–H and O–H groups in total. The number of aromatic nitrogens is 1. The smallest absolute Gasteiger partial charge is 0.339 e. The van der Waals surface area contributed by atoms with Gasteiger partial charge in [0.1, 0.15) is 11.4 Å². The summed E-state index contributed by atoms with van der Waals surface area (Å²) in [5, 5.41) is 20.9. The molecule has 0 fully saturated rings. The van der Waals surface area contributed by atoms with E-state index in [2.05, 4.69) is 10.3 Å². The van der Waals surface area contributed by atoms with E-state index in [4.69, 9.17) is 10.2 Å². The van der Waals surface area contributed by atoms with Gasteiger partial charge in [0, 0.05) is 5.69 Å². The zero-order chi connectivity index (χ0) is 12.1.